The van der Waals surface area contributed by atoms with Crippen molar-refractivity contribution in [2.75, 3.05) is 0 Å². The number of halogens is 1. The summed E-state index contributed by atoms with van der Waals surface area (Å²) in [6.45, 7) is 2.25. The van der Waals surface area contributed by atoms with Crippen LogP contribution in [-0.2, 0) is 6.42 Å². The Kier molecular flexibility index (Phi) is 10.5. The van der Waals surface area contributed by atoms with Crippen LogP contribution in [0.4, 0.5) is 0 Å². The van der Waals surface area contributed by atoms with Gasteiger partial charge in [0, 0.05) is 12.4 Å². The van der Waals surface area contributed by atoms with Gasteiger partial charge in [0.25, 0.3) is 0 Å². The number of aliphatic hydroxyl groups is 1. The Hall–Kier alpha value is -0.600. The quantitative estimate of drug-likeness (QED) is 0.513. The fourth-order valence-electron chi connectivity index (χ4n) is 2.62. The van der Waals surface area contributed by atoms with Crippen molar-refractivity contribution in [3.8, 4) is 0 Å². The van der Waals surface area contributed by atoms with Gasteiger partial charge >= 0.3 is 0 Å². The van der Waals surface area contributed by atoms with Crippen LogP contribution in [0.1, 0.15) is 76.7 Å². The lowest BCUT2D eigenvalue weighted by molar-refractivity contribution is 0.161. The zero-order chi connectivity index (χ0) is 15.3. The Balaban J connectivity index is 1.99. The molecular formula is C18H30ClNO. The van der Waals surface area contributed by atoms with Gasteiger partial charge in [-0.05, 0) is 24.5 Å². The van der Waals surface area contributed by atoms with Gasteiger partial charge in [0.2, 0.25) is 0 Å². The summed E-state index contributed by atoms with van der Waals surface area (Å²) in [4.78, 5) is 3.96. The highest BCUT2D eigenvalue weighted by Gasteiger charge is 2.08. The second-order valence-corrected chi connectivity index (χ2v) is 6.35. The molecular weight excluding hydrogens is 282 g/mol. The molecule has 1 aromatic rings. The summed E-state index contributed by atoms with van der Waals surface area (Å²) in [6, 6.07) is 1.89. The molecule has 0 aromatic carbocycles. The summed E-state index contributed by atoms with van der Waals surface area (Å²) in [5.41, 5.74) is 0.995. The lowest BCUT2D eigenvalue weighted by atomic mass is 10.0. The summed E-state index contributed by atoms with van der Waals surface area (Å²) in [5, 5.41) is 10.7. The predicted molar refractivity (Wildman–Crippen MR) is 90.8 cm³/mol. The molecule has 0 saturated heterocycles. The Labute approximate surface area is 134 Å². The van der Waals surface area contributed by atoms with E-state index in [1.165, 1.54) is 51.4 Å². The molecule has 0 aliphatic carbocycles. The Bertz CT molecular complexity index is 370. The number of aromatic nitrogens is 1. The molecule has 21 heavy (non-hydrogen) atoms. The van der Waals surface area contributed by atoms with Crippen LogP contribution in [-0.4, -0.2) is 16.2 Å². The predicted octanol–water partition coefficient (Wildman–Crippen LogP) is 5.56. The number of rotatable bonds is 12. The standard InChI is InChI=1S/C18H30ClNO/c1-2-3-4-5-6-7-8-9-10-11-17(21)14-16-12-13-20-15-18(16)19/h12-13,15,17,21H,2-11,14H2,1H3. The fraction of sp³-hybridized carbons (Fsp3) is 0.722. The van der Waals surface area contributed by atoms with Gasteiger partial charge in [0.1, 0.15) is 0 Å². The summed E-state index contributed by atoms with van der Waals surface area (Å²) < 4.78 is 0. The molecule has 120 valence electrons. The van der Waals surface area contributed by atoms with Crippen LogP contribution < -0.4 is 0 Å². The number of aliphatic hydroxyl groups excluding tert-OH is 1. The van der Waals surface area contributed by atoms with Gasteiger partial charge in [-0.2, -0.15) is 0 Å². The van der Waals surface area contributed by atoms with E-state index in [4.69, 9.17) is 11.6 Å². The third kappa shape index (κ3) is 9.10. The van der Waals surface area contributed by atoms with E-state index >= 15 is 0 Å². The van der Waals surface area contributed by atoms with Gasteiger partial charge in [0.05, 0.1) is 11.1 Å². The second kappa shape index (κ2) is 12.0. The van der Waals surface area contributed by atoms with Gasteiger partial charge in [-0.25, -0.2) is 0 Å². The van der Waals surface area contributed by atoms with Gasteiger partial charge in [-0.15, -0.1) is 0 Å². The summed E-state index contributed by atoms with van der Waals surface area (Å²) in [6.07, 6.45) is 16.4. The van der Waals surface area contributed by atoms with Crippen LogP contribution in [0.5, 0.6) is 0 Å². The lowest BCUT2D eigenvalue weighted by Crippen LogP contribution is -2.10. The van der Waals surface area contributed by atoms with E-state index < -0.39 is 0 Å². The van der Waals surface area contributed by atoms with Gasteiger partial charge < -0.3 is 5.11 Å². The summed E-state index contributed by atoms with van der Waals surface area (Å²) in [7, 11) is 0. The van der Waals surface area contributed by atoms with Crippen molar-refractivity contribution in [2.45, 2.75) is 83.7 Å². The van der Waals surface area contributed by atoms with E-state index in [2.05, 4.69) is 11.9 Å². The first kappa shape index (κ1) is 18.4. The highest BCUT2D eigenvalue weighted by molar-refractivity contribution is 6.31. The van der Waals surface area contributed by atoms with Crippen molar-refractivity contribution in [2.24, 2.45) is 0 Å². The maximum absolute atomic E-state index is 10.0. The molecule has 1 unspecified atom stereocenters. The Morgan fingerprint density at radius 3 is 2.29 bits per heavy atom. The van der Waals surface area contributed by atoms with Gasteiger partial charge in [-0.1, -0.05) is 76.3 Å². The summed E-state index contributed by atoms with van der Waals surface area (Å²) in [5.74, 6) is 0. The largest absolute Gasteiger partial charge is 0.393 e. The van der Waals surface area contributed by atoms with E-state index in [1.54, 1.807) is 12.4 Å². The Morgan fingerprint density at radius 2 is 1.67 bits per heavy atom. The maximum atomic E-state index is 10.0. The van der Waals surface area contributed by atoms with Crippen LogP contribution in [0.3, 0.4) is 0 Å². The maximum Gasteiger partial charge on any atom is 0.0622 e. The number of nitrogens with zero attached hydrogens (tertiary/aromatic N) is 1. The van der Waals surface area contributed by atoms with Crippen LogP contribution in [0.15, 0.2) is 18.5 Å². The van der Waals surface area contributed by atoms with Crippen molar-refractivity contribution in [3.05, 3.63) is 29.0 Å². The first-order valence-corrected chi connectivity index (χ1v) is 8.88. The Morgan fingerprint density at radius 1 is 1.05 bits per heavy atom. The summed E-state index contributed by atoms with van der Waals surface area (Å²) >= 11 is 6.05. The van der Waals surface area contributed by atoms with Gasteiger partial charge in [-0.3, -0.25) is 4.98 Å². The minimum atomic E-state index is -0.283. The van der Waals surface area contributed by atoms with Crippen molar-refractivity contribution in [1.29, 1.82) is 0 Å². The number of unbranched alkanes of at least 4 members (excludes halogenated alkanes) is 8. The molecule has 0 bridgehead atoms. The molecule has 1 rings (SSSR count). The average molecular weight is 312 g/mol. The van der Waals surface area contributed by atoms with E-state index in [0.29, 0.717) is 11.4 Å². The first-order chi connectivity index (χ1) is 10.2. The highest BCUT2D eigenvalue weighted by atomic mass is 35.5. The van der Waals surface area contributed by atoms with Crippen molar-refractivity contribution >= 4 is 11.6 Å². The van der Waals surface area contributed by atoms with Crippen molar-refractivity contribution in [1.82, 2.24) is 4.98 Å². The third-order valence-electron chi connectivity index (χ3n) is 3.95. The van der Waals surface area contributed by atoms with Crippen LogP contribution in [0, 0.1) is 0 Å². The van der Waals surface area contributed by atoms with Crippen LogP contribution >= 0.6 is 11.6 Å². The SMILES string of the molecule is CCCCCCCCCCCC(O)Cc1ccncc1Cl. The molecule has 0 aliphatic rings. The molecule has 1 heterocycles. The molecule has 0 saturated carbocycles. The third-order valence-corrected chi connectivity index (χ3v) is 4.29. The van der Waals surface area contributed by atoms with E-state index in [9.17, 15) is 5.11 Å². The minimum Gasteiger partial charge on any atom is -0.393 e. The fourth-order valence-corrected chi connectivity index (χ4v) is 2.81. The van der Waals surface area contributed by atoms with E-state index in [0.717, 1.165) is 18.4 Å². The van der Waals surface area contributed by atoms with E-state index in [-0.39, 0.29) is 6.10 Å². The normalized spacial score (nSPS) is 12.5. The minimum absolute atomic E-state index is 0.283. The molecule has 1 atom stereocenters. The lowest BCUT2D eigenvalue weighted by Gasteiger charge is -2.11. The molecule has 2 nitrogen and oxygen atoms in total. The first-order valence-electron chi connectivity index (χ1n) is 8.50. The molecule has 0 amide bonds. The molecule has 1 N–H and O–H groups in total. The average Bonchev–Trinajstić information content (AvgIpc) is 2.48. The number of pyridine rings is 1. The molecule has 0 radical (unpaired) electrons. The molecule has 0 spiro atoms. The second-order valence-electron chi connectivity index (χ2n) is 5.94. The topological polar surface area (TPSA) is 33.1 Å². The number of hydrogen-bond acceptors (Lipinski definition) is 2. The monoisotopic (exact) mass is 311 g/mol. The van der Waals surface area contributed by atoms with Crippen LogP contribution in [0.25, 0.3) is 0 Å². The zero-order valence-corrected chi connectivity index (χ0v) is 14.1. The smallest absolute Gasteiger partial charge is 0.0622 e. The highest BCUT2D eigenvalue weighted by Crippen LogP contribution is 2.18. The number of hydrogen-bond donors (Lipinski definition) is 1. The molecule has 1 aromatic heterocycles. The molecule has 0 aliphatic heterocycles. The van der Waals surface area contributed by atoms with Crippen molar-refractivity contribution in [3.63, 3.8) is 0 Å². The van der Waals surface area contributed by atoms with Gasteiger partial charge in [0.15, 0.2) is 0 Å². The molecule has 3 heteroatoms. The zero-order valence-electron chi connectivity index (χ0n) is 13.4. The molecule has 0 fully saturated rings. The van der Waals surface area contributed by atoms with Crippen LogP contribution in [0.2, 0.25) is 5.02 Å². The van der Waals surface area contributed by atoms with Crippen molar-refractivity contribution < 1.29 is 5.11 Å². The van der Waals surface area contributed by atoms with E-state index in [1.807, 2.05) is 6.07 Å².